The first kappa shape index (κ1) is 15.1. The largest absolute Gasteiger partial charge is 0.395 e. The lowest BCUT2D eigenvalue weighted by atomic mass is 10.2. The second-order valence-corrected chi connectivity index (χ2v) is 5.60. The predicted octanol–water partition coefficient (Wildman–Crippen LogP) is 1.66. The molecule has 1 unspecified atom stereocenters. The average molecular weight is 304 g/mol. The molecule has 1 aliphatic rings. The molecule has 5 nitrogen and oxygen atoms in total. The average Bonchev–Trinajstić information content (AvgIpc) is 3.01. The molecule has 6 heteroatoms. The zero-order chi connectivity index (χ0) is 15.5. The van der Waals surface area contributed by atoms with Crippen LogP contribution in [0.1, 0.15) is 13.3 Å². The molecule has 22 heavy (non-hydrogen) atoms. The van der Waals surface area contributed by atoms with Crippen molar-refractivity contribution in [2.75, 3.05) is 37.7 Å². The number of hydrogen-bond donors (Lipinski definition) is 1. The van der Waals surface area contributed by atoms with Gasteiger partial charge in [-0.25, -0.2) is 14.4 Å². The van der Waals surface area contributed by atoms with Crippen molar-refractivity contribution in [2.45, 2.75) is 19.4 Å². The van der Waals surface area contributed by atoms with Crippen molar-refractivity contribution in [1.29, 1.82) is 0 Å². The van der Waals surface area contributed by atoms with Crippen LogP contribution in [0.15, 0.2) is 24.5 Å². The van der Waals surface area contributed by atoms with Crippen molar-refractivity contribution in [3.05, 3.63) is 30.3 Å². The van der Waals surface area contributed by atoms with Crippen LogP contribution in [0, 0.1) is 5.82 Å². The fourth-order valence-corrected chi connectivity index (χ4v) is 3.23. The Kier molecular flexibility index (Phi) is 4.49. The first-order chi connectivity index (χ1) is 10.7. The Bertz CT molecular complexity index is 651. The van der Waals surface area contributed by atoms with Crippen molar-refractivity contribution in [3.8, 4) is 0 Å². The summed E-state index contributed by atoms with van der Waals surface area (Å²) in [6.07, 6.45) is 2.56. The molecule has 1 N–H and O–H groups in total. The third-order valence-electron chi connectivity index (χ3n) is 4.35. The third kappa shape index (κ3) is 2.89. The van der Waals surface area contributed by atoms with Gasteiger partial charge in [-0.2, -0.15) is 0 Å². The number of aromatic nitrogens is 2. The maximum absolute atomic E-state index is 13.6. The van der Waals surface area contributed by atoms with Gasteiger partial charge in [-0.15, -0.1) is 0 Å². The fourth-order valence-electron chi connectivity index (χ4n) is 3.23. The van der Waals surface area contributed by atoms with Gasteiger partial charge in [0.1, 0.15) is 18.0 Å². The Morgan fingerprint density at radius 2 is 2.27 bits per heavy atom. The summed E-state index contributed by atoms with van der Waals surface area (Å²) >= 11 is 0. The van der Waals surface area contributed by atoms with Crippen molar-refractivity contribution < 1.29 is 9.50 Å². The Morgan fingerprint density at radius 1 is 1.41 bits per heavy atom. The first-order valence-corrected chi connectivity index (χ1v) is 7.73. The van der Waals surface area contributed by atoms with Crippen molar-refractivity contribution in [2.24, 2.45) is 0 Å². The van der Waals surface area contributed by atoms with Gasteiger partial charge >= 0.3 is 0 Å². The highest BCUT2D eigenvalue weighted by molar-refractivity contribution is 5.89. The molecule has 1 saturated heterocycles. The number of benzene rings is 1. The molecular formula is C16H21FN4O. The summed E-state index contributed by atoms with van der Waals surface area (Å²) in [5.41, 5.74) is 0.762. The minimum absolute atomic E-state index is 0.173. The Morgan fingerprint density at radius 3 is 3.05 bits per heavy atom. The maximum Gasteiger partial charge on any atom is 0.140 e. The number of anilines is 1. The maximum atomic E-state index is 13.6. The number of nitrogens with zero attached hydrogens (tertiary/aromatic N) is 4. The Balaban J connectivity index is 1.85. The molecule has 0 amide bonds. The van der Waals surface area contributed by atoms with Crippen LogP contribution in [0.4, 0.5) is 10.2 Å². The van der Waals surface area contributed by atoms with Crippen molar-refractivity contribution in [1.82, 2.24) is 14.9 Å². The lowest BCUT2D eigenvalue weighted by Crippen LogP contribution is -2.39. The summed E-state index contributed by atoms with van der Waals surface area (Å²) in [6.45, 7) is 5.61. The van der Waals surface area contributed by atoms with Crippen LogP contribution in [-0.2, 0) is 0 Å². The summed E-state index contributed by atoms with van der Waals surface area (Å²) in [4.78, 5) is 13.1. The molecule has 1 aromatic heterocycles. The molecule has 2 aromatic rings. The first-order valence-electron chi connectivity index (χ1n) is 7.73. The molecule has 0 radical (unpaired) electrons. The van der Waals surface area contributed by atoms with Gasteiger partial charge in [-0.3, -0.25) is 4.90 Å². The van der Waals surface area contributed by atoms with Crippen LogP contribution < -0.4 is 4.90 Å². The van der Waals surface area contributed by atoms with Gasteiger partial charge in [0, 0.05) is 31.1 Å². The number of aliphatic hydroxyl groups excluding tert-OH is 1. The van der Waals surface area contributed by atoms with E-state index in [4.69, 9.17) is 5.11 Å². The highest BCUT2D eigenvalue weighted by Gasteiger charge is 2.28. The molecule has 118 valence electrons. The van der Waals surface area contributed by atoms with Gasteiger partial charge in [0.2, 0.25) is 0 Å². The van der Waals surface area contributed by atoms with Crippen LogP contribution in [0.5, 0.6) is 0 Å². The molecule has 1 aliphatic heterocycles. The smallest absolute Gasteiger partial charge is 0.140 e. The summed E-state index contributed by atoms with van der Waals surface area (Å²) in [5, 5.41) is 9.92. The summed E-state index contributed by atoms with van der Waals surface area (Å²) in [5.74, 6) is 0.529. The molecule has 1 fully saturated rings. The summed E-state index contributed by atoms with van der Waals surface area (Å²) in [6, 6.07) is 5.01. The molecule has 2 heterocycles. The van der Waals surface area contributed by atoms with E-state index in [1.165, 1.54) is 18.5 Å². The monoisotopic (exact) mass is 304 g/mol. The van der Waals surface area contributed by atoms with Crippen LogP contribution in [0.3, 0.4) is 0 Å². The molecule has 0 aliphatic carbocycles. The fraction of sp³-hybridized carbons (Fsp3) is 0.500. The van der Waals surface area contributed by atoms with E-state index in [1.54, 1.807) is 6.07 Å². The zero-order valence-electron chi connectivity index (χ0n) is 12.7. The van der Waals surface area contributed by atoms with E-state index in [0.29, 0.717) is 12.6 Å². The van der Waals surface area contributed by atoms with Crippen molar-refractivity contribution in [3.63, 3.8) is 0 Å². The van der Waals surface area contributed by atoms with Crippen LogP contribution in [0.25, 0.3) is 10.9 Å². The number of rotatable bonds is 5. The van der Waals surface area contributed by atoms with Gasteiger partial charge in [0.15, 0.2) is 0 Å². The molecule has 0 spiro atoms. The number of hydrogen-bond acceptors (Lipinski definition) is 5. The molecular weight excluding hydrogens is 283 g/mol. The van der Waals surface area contributed by atoms with Crippen molar-refractivity contribution >= 4 is 16.7 Å². The SMILES string of the molecule is CCN(CCO)C1CCN(c2ncnc3ccc(F)cc23)C1. The summed E-state index contributed by atoms with van der Waals surface area (Å²) < 4.78 is 13.6. The van der Waals surface area contributed by atoms with E-state index in [0.717, 1.165) is 42.8 Å². The van der Waals surface area contributed by atoms with Gasteiger partial charge < -0.3 is 10.0 Å². The van der Waals surface area contributed by atoms with Gasteiger partial charge in [0.25, 0.3) is 0 Å². The topological polar surface area (TPSA) is 52.5 Å². The zero-order valence-corrected chi connectivity index (χ0v) is 12.7. The van der Waals surface area contributed by atoms with E-state index in [9.17, 15) is 4.39 Å². The second kappa shape index (κ2) is 6.54. The van der Waals surface area contributed by atoms with Gasteiger partial charge in [0.05, 0.1) is 12.1 Å². The highest BCUT2D eigenvalue weighted by Crippen LogP contribution is 2.27. The molecule has 0 saturated carbocycles. The van der Waals surface area contributed by atoms with E-state index < -0.39 is 0 Å². The third-order valence-corrected chi connectivity index (χ3v) is 4.35. The number of fused-ring (bicyclic) bond motifs is 1. The lowest BCUT2D eigenvalue weighted by Gasteiger charge is -2.27. The van der Waals surface area contributed by atoms with E-state index in [2.05, 4.69) is 26.7 Å². The molecule has 1 atom stereocenters. The molecule has 1 aromatic carbocycles. The van der Waals surface area contributed by atoms with Gasteiger partial charge in [-0.05, 0) is 31.2 Å². The Hall–Kier alpha value is -1.79. The van der Waals surface area contributed by atoms with E-state index in [1.807, 2.05) is 0 Å². The van der Waals surface area contributed by atoms with Crippen LogP contribution in [0.2, 0.25) is 0 Å². The number of halogens is 1. The lowest BCUT2D eigenvalue weighted by molar-refractivity contribution is 0.165. The standard InChI is InChI=1S/C16H21FN4O/c1-2-20(7-8-22)13-5-6-21(10-13)16-14-9-12(17)3-4-15(14)18-11-19-16/h3-4,9,11,13,22H,2,5-8,10H2,1H3. The summed E-state index contributed by atoms with van der Waals surface area (Å²) in [7, 11) is 0. The number of likely N-dealkylation sites (N-methyl/N-ethyl adjacent to an activating group) is 1. The highest BCUT2D eigenvalue weighted by atomic mass is 19.1. The van der Waals surface area contributed by atoms with Crippen LogP contribution in [-0.4, -0.2) is 58.8 Å². The normalized spacial score (nSPS) is 18.5. The minimum Gasteiger partial charge on any atom is -0.395 e. The van der Waals surface area contributed by atoms with Gasteiger partial charge in [-0.1, -0.05) is 6.92 Å². The van der Waals surface area contributed by atoms with Crippen LogP contribution >= 0.6 is 0 Å². The quantitative estimate of drug-likeness (QED) is 0.910. The second-order valence-electron chi connectivity index (χ2n) is 5.60. The molecule has 0 bridgehead atoms. The predicted molar refractivity (Wildman–Crippen MR) is 84.4 cm³/mol. The number of aliphatic hydroxyl groups is 1. The molecule has 3 rings (SSSR count). The minimum atomic E-state index is -0.269. The van der Waals surface area contributed by atoms with E-state index in [-0.39, 0.29) is 12.4 Å². The Labute approximate surface area is 129 Å². The van der Waals surface area contributed by atoms with E-state index >= 15 is 0 Å².